The van der Waals surface area contributed by atoms with Gasteiger partial charge in [-0.15, -0.1) is 11.3 Å². The Bertz CT molecular complexity index is 553. The van der Waals surface area contributed by atoms with E-state index in [1.807, 2.05) is 12.1 Å². The summed E-state index contributed by atoms with van der Waals surface area (Å²) in [7, 11) is 0. The molecule has 2 aromatic rings. The van der Waals surface area contributed by atoms with Gasteiger partial charge in [0.15, 0.2) is 0 Å². The molecule has 1 atom stereocenters. The summed E-state index contributed by atoms with van der Waals surface area (Å²) in [5, 5.41) is 6.74. The maximum Gasteiger partial charge on any atom is 0.131 e. The molecular formula is C17H24N2OS. The molecule has 4 heteroatoms. The number of aryl methyl sites for hydroxylation is 1. The van der Waals surface area contributed by atoms with Crippen LogP contribution in [0.5, 0.6) is 5.75 Å². The minimum atomic E-state index is 0.347. The highest BCUT2D eigenvalue weighted by molar-refractivity contribution is 7.09. The average Bonchev–Trinajstić information content (AvgIpc) is 2.99. The molecule has 0 fully saturated rings. The summed E-state index contributed by atoms with van der Waals surface area (Å²) in [6.07, 6.45) is 2.13. The number of nitrogens with zero attached hydrogens (tertiary/aromatic N) is 1. The molecular weight excluding hydrogens is 280 g/mol. The third-order valence-electron chi connectivity index (χ3n) is 3.35. The number of hydrogen-bond donors (Lipinski definition) is 1. The molecule has 0 spiro atoms. The lowest BCUT2D eigenvalue weighted by Gasteiger charge is -2.14. The second-order valence-corrected chi connectivity index (χ2v) is 6.07. The van der Waals surface area contributed by atoms with Crippen LogP contribution in [0.3, 0.4) is 0 Å². The molecule has 0 aliphatic rings. The Morgan fingerprint density at radius 3 is 2.90 bits per heavy atom. The van der Waals surface area contributed by atoms with E-state index >= 15 is 0 Å². The highest BCUT2D eigenvalue weighted by Crippen LogP contribution is 2.20. The van der Waals surface area contributed by atoms with Gasteiger partial charge >= 0.3 is 0 Å². The molecule has 0 bridgehead atoms. The zero-order valence-electron chi connectivity index (χ0n) is 13.1. The first kappa shape index (κ1) is 16.0. The van der Waals surface area contributed by atoms with Gasteiger partial charge in [0, 0.05) is 11.4 Å². The summed E-state index contributed by atoms with van der Waals surface area (Å²) >= 11 is 1.70. The molecule has 2 rings (SSSR count). The van der Waals surface area contributed by atoms with E-state index in [0.717, 1.165) is 30.8 Å². The van der Waals surface area contributed by atoms with E-state index in [2.05, 4.69) is 48.6 Å². The maximum atomic E-state index is 5.86. The van der Waals surface area contributed by atoms with Crippen molar-refractivity contribution in [2.45, 2.75) is 46.3 Å². The van der Waals surface area contributed by atoms with Crippen molar-refractivity contribution in [3.8, 4) is 5.75 Å². The number of rotatable bonds is 8. The fourth-order valence-electron chi connectivity index (χ4n) is 2.09. The van der Waals surface area contributed by atoms with Gasteiger partial charge in [-0.3, -0.25) is 0 Å². The van der Waals surface area contributed by atoms with Crippen molar-refractivity contribution in [2.75, 3.05) is 6.54 Å². The molecule has 0 amide bonds. The van der Waals surface area contributed by atoms with Gasteiger partial charge in [-0.1, -0.05) is 26.0 Å². The third kappa shape index (κ3) is 4.83. The molecule has 0 aliphatic carbocycles. The van der Waals surface area contributed by atoms with Gasteiger partial charge in [-0.25, -0.2) is 4.98 Å². The first-order valence-corrected chi connectivity index (χ1v) is 8.50. The van der Waals surface area contributed by atoms with E-state index < -0.39 is 0 Å². The smallest absolute Gasteiger partial charge is 0.131 e. The van der Waals surface area contributed by atoms with Crippen molar-refractivity contribution in [1.82, 2.24) is 10.3 Å². The number of nitrogens with one attached hydrogen (secondary N) is 1. The second-order valence-electron chi connectivity index (χ2n) is 5.12. The number of aromatic nitrogens is 1. The van der Waals surface area contributed by atoms with Crippen molar-refractivity contribution in [3.63, 3.8) is 0 Å². The summed E-state index contributed by atoms with van der Waals surface area (Å²) in [5.74, 6) is 0.906. The molecule has 1 unspecified atom stereocenters. The molecule has 1 N–H and O–H groups in total. The number of ether oxygens (including phenoxy) is 1. The summed E-state index contributed by atoms with van der Waals surface area (Å²) in [4.78, 5) is 4.52. The van der Waals surface area contributed by atoms with Crippen LogP contribution in [0, 0.1) is 0 Å². The first-order valence-electron chi connectivity index (χ1n) is 7.62. The van der Waals surface area contributed by atoms with Gasteiger partial charge in [0.05, 0.1) is 10.7 Å². The summed E-state index contributed by atoms with van der Waals surface area (Å²) in [6, 6.07) is 8.65. The Hall–Kier alpha value is -1.39. The summed E-state index contributed by atoms with van der Waals surface area (Å²) in [5.41, 5.74) is 2.27. The molecule has 1 aromatic heterocycles. The Labute approximate surface area is 131 Å². The van der Waals surface area contributed by atoms with Crippen molar-refractivity contribution < 1.29 is 4.74 Å². The Morgan fingerprint density at radius 1 is 1.33 bits per heavy atom. The van der Waals surface area contributed by atoms with Crippen LogP contribution in [0.1, 0.15) is 49.5 Å². The molecule has 0 saturated carbocycles. The number of thiazole rings is 1. The topological polar surface area (TPSA) is 34.1 Å². The second kappa shape index (κ2) is 8.15. The molecule has 114 valence electrons. The van der Waals surface area contributed by atoms with Crippen LogP contribution in [0.15, 0.2) is 29.6 Å². The molecule has 21 heavy (non-hydrogen) atoms. The maximum absolute atomic E-state index is 5.86. The normalized spacial score (nSPS) is 12.3. The van der Waals surface area contributed by atoms with Crippen molar-refractivity contribution in [2.24, 2.45) is 0 Å². The minimum absolute atomic E-state index is 0.347. The molecule has 0 radical (unpaired) electrons. The van der Waals surface area contributed by atoms with Crippen molar-refractivity contribution >= 4 is 11.3 Å². The van der Waals surface area contributed by atoms with Crippen molar-refractivity contribution in [1.29, 1.82) is 0 Å². The predicted octanol–water partition coefficient (Wildman–Crippen LogP) is 4.35. The van der Waals surface area contributed by atoms with Gasteiger partial charge in [0.2, 0.25) is 0 Å². The molecule has 0 saturated heterocycles. The molecule has 3 nitrogen and oxygen atoms in total. The van der Waals surface area contributed by atoms with Crippen LogP contribution in [-0.4, -0.2) is 11.5 Å². The lowest BCUT2D eigenvalue weighted by atomic mass is 10.1. The van der Waals surface area contributed by atoms with E-state index in [-0.39, 0.29) is 0 Å². The molecule has 0 aliphatic heterocycles. The van der Waals surface area contributed by atoms with Gasteiger partial charge in [-0.05, 0) is 44.0 Å². The largest absolute Gasteiger partial charge is 0.487 e. The highest BCUT2D eigenvalue weighted by Gasteiger charge is 2.06. The zero-order valence-corrected chi connectivity index (χ0v) is 13.9. The van der Waals surface area contributed by atoms with Gasteiger partial charge in [-0.2, -0.15) is 0 Å². The lowest BCUT2D eigenvalue weighted by molar-refractivity contribution is 0.301. The fraction of sp³-hybridized carbons (Fsp3) is 0.471. The van der Waals surface area contributed by atoms with Gasteiger partial charge in [0.25, 0.3) is 0 Å². The van der Waals surface area contributed by atoms with Crippen LogP contribution in [-0.2, 0) is 13.0 Å². The van der Waals surface area contributed by atoms with Gasteiger partial charge in [0.1, 0.15) is 12.4 Å². The predicted molar refractivity (Wildman–Crippen MR) is 89.0 cm³/mol. The summed E-state index contributed by atoms with van der Waals surface area (Å²) in [6.45, 7) is 8.06. The van der Waals surface area contributed by atoms with Crippen molar-refractivity contribution in [3.05, 3.63) is 45.9 Å². The van der Waals surface area contributed by atoms with E-state index in [9.17, 15) is 0 Å². The quantitative estimate of drug-likeness (QED) is 0.787. The standard InChI is InChI=1S/C17H24N2OS/c1-4-9-18-13(3)14-7-6-8-16(10-14)20-11-15-12-21-17(5-2)19-15/h6-8,10,12-13,18H,4-5,9,11H2,1-3H3. The first-order chi connectivity index (χ1) is 10.2. The van der Waals surface area contributed by atoms with Gasteiger partial charge < -0.3 is 10.1 Å². The fourth-order valence-corrected chi connectivity index (χ4v) is 2.82. The minimum Gasteiger partial charge on any atom is -0.487 e. The summed E-state index contributed by atoms with van der Waals surface area (Å²) < 4.78 is 5.86. The lowest BCUT2D eigenvalue weighted by Crippen LogP contribution is -2.19. The van der Waals surface area contributed by atoms with Crippen LogP contribution < -0.4 is 10.1 Å². The van der Waals surface area contributed by atoms with Crippen LogP contribution in [0.2, 0.25) is 0 Å². The average molecular weight is 304 g/mol. The van der Waals surface area contributed by atoms with E-state index in [4.69, 9.17) is 4.74 Å². The number of hydrogen-bond acceptors (Lipinski definition) is 4. The highest BCUT2D eigenvalue weighted by atomic mass is 32.1. The van der Waals surface area contributed by atoms with E-state index in [1.54, 1.807) is 11.3 Å². The Kier molecular flexibility index (Phi) is 6.21. The van der Waals surface area contributed by atoms with E-state index in [1.165, 1.54) is 10.6 Å². The number of benzene rings is 1. The van der Waals surface area contributed by atoms with E-state index in [0.29, 0.717) is 12.6 Å². The molecule has 1 aromatic carbocycles. The molecule has 1 heterocycles. The zero-order chi connectivity index (χ0) is 15.1. The monoisotopic (exact) mass is 304 g/mol. The Morgan fingerprint density at radius 2 is 2.19 bits per heavy atom. The SMILES string of the molecule is CCCNC(C)c1cccc(OCc2csc(CC)n2)c1. The third-order valence-corrected chi connectivity index (χ3v) is 4.39. The van der Waals surface area contributed by atoms with Crippen LogP contribution in [0.25, 0.3) is 0 Å². The van der Waals surface area contributed by atoms with Crippen LogP contribution >= 0.6 is 11.3 Å². The van der Waals surface area contributed by atoms with Crippen LogP contribution in [0.4, 0.5) is 0 Å². The Balaban J connectivity index is 1.94.